The number of amides is 2. The molecule has 106 valence electrons. The number of rotatable bonds is 7. The summed E-state index contributed by atoms with van der Waals surface area (Å²) in [5.74, 6) is -0.425. The average Bonchev–Trinajstić information content (AvgIpc) is 2.90. The number of nitrogens with one attached hydrogen (secondary N) is 2. The molecule has 0 atom stereocenters. The maximum Gasteiger partial charge on any atom is 0.254 e. The lowest BCUT2D eigenvalue weighted by molar-refractivity contribution is -0.121. The van der Waals surface area contributed by atoms with E-state index >= 15 is 0 Å². The van der Waals surface area contributed by atoms with Crippen LogP contribution in [0.1, 0.15) is 30.6 Å². The second kappa shape index (κ2) is 6.94. The van der Waals surface area contributed by atoms with Gasteiger partial charge in [0.25, 0.3) is 5.91 Å². The predicted octanol–water partition coefficient (Wildman–Crippen LogP) is 0.534. The lowest BCUT2D eigenvalue weighted by Gasteiger charge is -2.21. The Morgan fingerprint density at radius 2 is 2.11 bits per heavy atom. The molecule has 2 amide bonds. The van der Waals surface area contributed by atoms with Crippen LogP contribution in [0.3, 0.4) is 0 Å². The predicted molar refractivity (Wildman–Crippen MR) is 69.5 cm³/mol. The van der Waals surface area contributed by atoms with Crippen molar-refractivity contribution >= 4 is 11.8 Å². The van der Waals surface area contributed by atoms with Crippen molar-refractivity contribution in [1.82, 2.24) is 10.6 Å². The summed E-state index contributed by atoms with van der Waals surface area (Å²) >= 11 is 0. The molecule has 0 bridgehead atoms. The summed E-state index contributed by atoms with van der Waals surface area (Å²) in [6, 6.07) is 1.55. The summed E-state index contributed by atoms with van der Waals surface area (Å²) in [6.45, 7) is 4.37. The molecule has 0 radical (unpaired) electrons. The summed E-state index contributed by atoms with van der Waals surface area (Å²) in [7, 11) is 0. The fraction of sp³-hybridized carbons (Fsp3) is 0.538. The van der Waals surface area contributed by atoms with E-state index in [1.54, 1.807) is 6.07 Å². The standard InChI is InChI=1S/C13H20N2O4/c1-13(2,9-16)8-15-11(17)3-5-14-12(18)10-4-6-19-7-10/h4,6-7,16H,3,5,8-9H2,1-2H3,(H,14,18)(H,15,17). The van der Waals surface area contributed by atoms with Crippen LogP contribution in [-0.2, 0) is 4.79 Å². The highest BCUT2D eigenvalue weighted by Gasteiger charge is 2.17. The van der Waals surface area contributed by atoms with Gasteiger partial charge in [-0.25, -0.2) is 0 Å². The minimum Gasteiger partial charge on any atom is -0.472 e. The highest BCUT2D eigenvalue weighted by molar-refractivity contribution is 5.93. The number of furan rings is 1. The Labute approximate surface area is 112 Å². The zero-order valence-electron chi connectivity index (χ0n) is 11.2. The SMILES string of the molecule is CC(C)(CO)CNC(=O)CCNC(=O)c1ccoc1. The first kappa shape index (κ1) is 15.2. The molecule has 0 unspecified atom stereocenters. The van der Waals surface area contributed by atoms with Crippen LogP contribution in [0.2, 0.25) is 0 Å². The monoisotopic (exact) mass is 268 g/mol. The fourth-order valence-electron chi connectivity index (χ4n) is 1.27. The molecule has 0 aliphatic rings. The number of aliphatic hydroxyl groups is 1. The van der Waals surface area contributed by atoms with Crippen LogP contribution in [0, 0.1) is 5.41 Å². The molecule has 3 N–H and O–H groups in total. The Morgan fingerprint density at radius 3 is 2.68 bits per heavy atom. The molecule has 0 saturated carbocycles. The summed E-state index contributed by atoms with van der Waals surface area (Å²) in [6.07, 6.45) is 2.96. The molecular formula is C13H20N2O4. The van der Waals surface area contributed by atoms with Gasteiger partial charge in [-0.1, -0.05) is 13.8 Å². The van der Waals surface area contributed by atoms with Crippen LogP contribution in [0.25, 0.3) is 0 Å². The van der Waals surface area contributed by atoms with Crippen molar-refractivity contribution in [3.63, 3.8) is 0 Å². The van der Waals surface area contributed by atoms with Crippen molar-refractivity contribution < 1.29 is 19.1 Å². The van der Waals surface area contributed by atoms with Gasteiger partial charge in [0.1, 0.15) is 6.26 Å². The molecule has 0 aliphatic carbocycles. The number of aliphatic hydroxyl groups excluding tert-OH is 1. The second-order valence-electron chi connectivity index (χ2n) is 5.12. The van der Waals surface area contributed by atoms with Crippen LogP contribution >= 0.6 is 0 Å². The van der Waals surface area contributed by atoms with Crippen molar-refractivity contribution in [2.45, 2.75) is 20.3 Å². The van der Waals surface area contributed by atoms with Gasteiger partial charge in [0.15, 0.2) is 0 Å². The smallest absolute Gasteiger partial charge is 0.254 e. The molecule has 1 aromatic rings. The van der Waals surface area contributed by atoms with Gasteiger partial charge >= 0.3 is 0 Å². The number of hydrogen-bond acceptors (Lipinski definition) is 4. The van der Waals surface area contributed by atoms with Crippen molar-refractivity contribution in [3.05, 3.63) is 24.2 Å². The van der Waals surface area contributed by atoms with Gasteiger partial charge in [0.05, 0.1) is 11.8 Å². The molecule has 0 aromatic carbocycles. The topological polar surface area (TPSA) is 91.6 Å². The third-order valence-corrected chi connectivity index (χ3v) is 2.61. The van der Waals surface area contributed by atoms with Gasteiger partial charge in [-0.15, -0.1) is 0 Å². The van der Waals surface area contributed by atoms with E-state index in [9.17, 15) is 9.59 Å². The first-order valence-corrected chi connectivity index (χ1v) is 6.12. The van der Waals surface area contributed by atoms with Gasteiger partial charge in [0.2, 0.25) is 5.91 Å². The van der Waals surface area contributed by atoms with Crippen molar-refractivity contribution in [1.29, 1.82) is 0 Å². The molecule has 1 aromatic heterocycles. The summed E-state index contributed by atoms with van der Waals surface area (Å²) in [5, 5.41) is 14.4. The average molecular weight is 268 g/mol. The largest absolute Gasteiger partial charge is 0.472 e. The van der Waals surface area contributed by atoms with E-state index in [1.807, 2.05) is 13.8 Å². The van der Waals surface area contributed by atoms with E-state index in [0.29, 0.717) is 12.1 Å². The minimum absolute atomic E-state index is 0.00447. The number of carbonyl (C=O) groups excluding carboxylic acids is 2. The molecule has 6 heteroatoms. The first-order valence-electron chi connectivity index (χ1n) is 6.12. The third-order valence-electron chi connectivity index (χ3n) is 2.61. The van der Waals surface area contributed by atoms with Gasteiger partial charge < -0.3 is 20.2 Å². The molecule has 0 saturated heterocycles. The molecule has 19 heavy (non-hydrogen) atoms. The summed E-state index contributed by atoms with van der Waals surface area (Å²) in [4.78, 5) is 23.0. The van der Waals surface area contributed by atoms with Crippen LogP contribution in [0.4, 0.5) is 0 Å². The van der Waals surface area contributed by atoms with Crippen molar-refractivity contribution in [3.8, 4) is 0 Å². The molecule has 0 spiro atoms. The minimum atomic E-state index is -0.338. The van der Waals surface area contributed by atoms with Crippen molar-refractivity contribution in [2.24, 2.45) is 5.41 Å². The lowest BCUT2D eigenvalue weighted by atomic mass is 9.95. The van der Waals surface area contributed by atoms with E-state index in [-0.39, 0.29) is 36.8 Å². The zero-order valence-corrected chi connectivity index (χ0v) is 11.2. The van der Waals surface area contributed by atoms with Crippen LogP contribution in [0.5, 0.6) is 0 Å². The highest BCUT2D eigenvalue weighted by atomic mass is 16.3. The lowest BCUT2D eigenvalue weighted by Crippen LogP contribution is -2.37. The van der Waals surface area contributed by atoms with Crippen molar-refractivity contribution in [2.75, 3.05) is 19.7 Å². The maximum atomic E-state index is 11.5. The van der Waals surface area contributed by atoms with Gasteiger partial charge in [0, 0.05) is 31.5 Å². The van der Waals surface area contributed by atoms with Gasteiger partial charge in [-0.2, -0.15) is 0 Å². The normalized spacial score (nSPS) is 11.1. The summed E-state index contributed by atoms with van der Waals surface area (Å²) < 4.78 is 4.79. The quantitative estimate of drug-likeness (QED) is 0.673. The Morgan fingerprint density at radius 1 is 1.37 bits per heavy atom. The molecule has 0 aliphatic heterocycles. The molecule has 6 nitrogen and oxygen atoms in total. The van der Waals surface area contributed by atoms with E-state index in [4.69, 9.17) is 9.52 Å². The van der Waals surface area contributed by atoms with Gasteiger partial charge in [-0.3, -0.25) is 9.59 Å². The molecular weight excluding hydrogens is 248 g/mol. The zero-order chi connectivity index (χ0) is 14.3. The Hall–Kier alpha value is -1.82. The molecule has 0 fully saturated rings. The first-order chi connectivity index (χ1) is 8.94. The van der Waals surface area contributed by atoms with Crippen LogP contribution < -0.4 is 10.6 Å². The molecule has 1 heterocycles. The number of hydrogen-bond donors (Lipinski definition) is 3. The molecule has 1 rings (SSSR count). The van der Waals surface area contributed by atoms with E-state index in [1.165, 1.54) is 12.5 Å². The second-order valence-corrected chi connectivity index (χ2v) is 5.12. The Kier molecular flexibility index (Phi) is 5.57. The Balaban J connectivity index is 2.19. The van der Waals surface area contributed by atoms with Crippen LogP contribution in [-0.4, -0.2) is 36.6 Å². The van der Waals surface area contributed by atoms with E-state index < -0.39 is 0 Å². The fourth-order valence-corrected chi connectivity index (χ4v) is 1.27. The van der Waals surface area contributed by atoms with Gasteiger partial charge in [-0.05, 0) is 6.07 Å². The highest BCUT2D eigenvalue weighted by Crippen LogP contribution is 2.10. The van der Waals surface area contributed by atoms with Crippen LogP contribution in [0.15, 0.2) is 23.0 Å². The van der Waals surface area contributed by atoms with E-state index in [0.717, 1.165) is 0 Å². The summed E-state index contributed by atoms with van der Waals surface area (Å²) in [5.41, 5.74) is 0.0946. The Bertz CT molecular complexity index is 412. The van der Waals surface area contributed by atoms with E-state index in [2.05, 4.69) is 10.6 Å². The number of carbonyl (C=O) groups is 2. The maximum absolute atomic E-state index is 11.5. The third kappa shape index (κ3) is 5.56.